The molecular weight excluding hydrogens is 380 g/mol. The van der Waals surface area contributed by atoms with Gasteiger partial charge in [-0.25, -0.2) is 9.97 Å². The van der Waals surface area contributed by atoms with Crippen molar-refractivity contribution in [3.63, 3.8) is 0 Å². The molecule has 8 heteroatoms. The second kappa shape index (κ2) is 8.60. The van der Waals surface area contributed by atoms with Crippen LogP contribution >= 0.6 is 0 Å². The summed E-state index contributed by atoms with van der Waals surface area (Å²) >= 11 is 0. The Labute approximate surface area is 174 Å². The molecule has 0 radical (unpaired) electrons. The molecule has 4 rings (SSSR count). The molecule has 2 aromatic carbocycles. The molecule has 0 aliphatic carbocycles. The third-order valence-corrected chi connectivity index (χ3v) is 4.59. The molecule has 0 bridgehead atoms. The van der Waals surface area contributed by atoms with Crippen LogP contribution in [0.3, 0.4) is 0 Å². The summed E-state index contributed by atoms with van der Waals surface area (Å²) in [6.07, 6.45) is 7.39. The second-order valence-corrected chi connectivity index (χ2v) is 7.12. The van der Waals surface area contributed by atoms with Gasteiger partial charge in [-0.2, -0.15) is 0 Å². The first kappa shape index (κ1) is 20.8. The fourth-order valence-corrected chi connectivity index (χ4v) is 3.12. The summed E-state index contributed by atoms with van der Waals surface area (Å²) in [7, 11) is 0. The topological polar surface area (TPSA) is 105 Å². The molecule has 30 heavy (non-hydrogen) atoms. The van der Waals surface area contributed by atoms with Crippen LogP contribution in [0.25, 0.3) is 11.4 Å². The lowest BCUT2D eigenvalue weighted by Gasteiger charge is -2.06. The number of aromatic nitrogens is 4. The van der Waals surface area contributed by atoms with Crippen molar-refractivity contribution >= 4 is 11.4 Å². The van der Waals surface area contributed by atoms with E-state index < -0.39 is 4.92 Å². The maximum atomic E-state index is 10.6. The number of benzene rings is 2. The summed E-state index contributed by atoms with van der Waals surface area (Å²) in [4.78, 5) is 18.5. The number of rotatable bonds is 3. The van der Waals surface area contributed by atoms with Gasteiger partial charge in [0, 0.05) is 41.6 Å². The van der Waals surface area contributed by atoms with Crippen molar-refractivity contribution in [3.05, 3.63) is 94.1 Å². The molecule has 0 saturated carbocycles. The van der Waals surface area contributed by atoms with Gasteiger partial charge in [0.2, 0.25) is 0 Å². The minimum Gasteiger partial charge on any atom is -0.399 e. The fraction of sp³-hybridized carbons (Fsp3) is 0.182. The van der Waals surface area contributed by atoms with Gasteiger partial charge in [0.25, 0.3) is 5.69 Å². The third kappa shape index (κ3) is 4.72. The van der Waals surface area contributed by atoms with Crippen LogP contribution in [0.15, 0.2) is 61.4 Å². The highest BCUT2D eigenvalue weighted by Gasteiger charge is 2.09. The average Bonchev–Trinajstić information content (AvgIpc) is 3.30. The van der Waals surface area contributed by atoms with E-state index in [9.17, 15) is 10.1 Å². The highest BCUT2D eigenvalue weighted by Crippen LogP contribution is 2.20. The van der Waals surface area contributed by atoms with E-state index in [1.807, 2.05) is 73.7 Å². The van der Waals surface area contributed by atoms with Crippen molar-refractivity contribution in [2.75, 3.05) is 5.73 Å². The third-order valence-electron chi connectivity index (χ3n) is 4.59. The standard InChI is InChI=1S/C11H11N3O2.C11H13N3/c1-8-5-10(14(15)16)3-4-11(8)13-6-9(2)12-7-13;1-8-5-10(12)3-4-11(8)14-6-9(2)13-7-14/h3-7H,1-2H3;3-7H,12H2,1-2H3. The Kier molecular flexibility index (Phi) is 5.96. The number of aryl methyl sites for hydroxylation is 4. The highest BCUT2D eigenvalue weighted by atomic mass is 16.6. The van der Waals surface area contributed by atoms with Gasteiger partial charge in [-0.05, 0) is 63.1 Å². The van der Waals surface area contributed by atoms with Crippen LogP contribution in [-0.2, 0) is 0 Å². The van der Waals surface area contributed by atoms with Crippen molar-refractivity contribution in [1.29, 1.82) is 0 Å². The van der Waals surface area contributed by atoms with Crippen LogP contribution in [0.5, 0.6) is 0 Å². The number of nitrogens with two attached hydrogens (primary N) is 1. The van der Waals surface area contributed by atoms with Crippen LogP contribution in [-0.4, -0.2) is 24.0 Å². The number of hydrogen-bond donors (Lipinski definition) is 1. The number of nitro benzene ring substituents is 1. The van der Waals surface area contributed by atoms with E-state index in [0.717, 1.165) is 39.6 Å². The van der Waals surface area contributed by atoms with Crippen molar-refractivity contribution < 1.29 is 4.92 Å². The molecule has 0 fully saturated rings. The van der Waals surface area contributed by atoms with Crippen LogP contribution in [0.2, 0.25) is 0 Å². The normalized spacial score (nSPS) is 10.4. The molecule has 0 amide bonds. The first-order chi connectivity index (χ1) is 14.2. The Morgan fingerprint density at radius 3 is 1.73 bits per heavy atom. The van der Waals surface area contributed by atoms with E-state index in [0.29, 0.717) is 0 Å². The first-order valence-electron chi connectivity index (χ1n) is 9.37. The minimum absolute atomic E-state index is 0.109. The molecule has 0 spiro atoms. The lowest BCUT2D eigenvalue weighted by molar-refractivity contribution is -0.384. The van der Waals surface area contributed by atoms with Gasteiger partial charge in [-0.3, -0.25) is 10.1 Å². The number of nitro groups is 1. The van der Waals surface area contributed by atoms with E-state index in [1.165, 1.54) is 6.07 Å². The molecule has 154 valence electrons. The summed E-state index contributed by atoms with van der Waals surface area (Å²) in [5, 5.41) is 10.6. The zero-order chi connectivity index (χ0) is 21.8. The Balaban J connectivity index is 0.000000172. The number of nitrogen functional groups attached to an aromatic ring is 1. The number of anilines is 1. The van der Waals surface area contributed by atoms with Crippen LogP contribution in [0, 0.1) is 37.8 Å². The SMILES string of the molecule is Cc1cn(-c2ccc(N)cc2C)cn1.Cc1cn(-c2ccc([N+](=O)[O-])cc2C)cn1. The van der Waals surface area contributed by atoms with Gasteiger partial charge in [-0.15, -0.1) is 0 Å². The summed E-state index contributed by atoms with van der Waals surface area (Å²) in [5.74, 6) is 0. The summed E-state index contributed by atoms with van der Waals surface area (Å²) in [5.41, 5.74) is 12.6. The van der Waals surface area contributed by atoms with Gasteiger partial charge >= 0.3 is 0 Å². The van der Waals surface area contributed by atoms with Crippen molar-refractivity contribution in [2.45, 2.75) is 27.7 Å². The zero-order valence-corrected chi connectivity index (χ0v) is 17.4. The molecule has 2 N–H and O–H groups in total. The van der Waals surface area contributed by atoms with Gasteiger partial charge in [0.15, 0.2) is 0 Å². The van der Waals surface area contributed by atoms with Crippen molar-refractivity contribution in [3.8, 4) is 11.4 Å². The molecule has 2 aromatic heterocycles. The first-order valence-corrected chi connectivity index (χ1v) is 9.37. The lowest BCUT2D eigenvalue weighted by Crippen LogP contribution is -1.95. The maximum Gasteiger partial charge on any atom is 0.269 e. The lowest BCUT2D eigenvalue weighted by atomic mass is 10.2. The summed E-state index contributed by atoms with van der Waals surface area (Å²) < 4.78 is 3.86. The zero-order valence-electron chi connectivity index (χ0n) is 17.4. The van der Waals surface area contributed by atoms with E-state index >= 15 is 0 Å². The van der Waals surface area contributed by atoms with Gasteiger partial charge in [-0.1, -0.05) is 0 Å². The monoisotopic (exact) mass is 404 g/mol. The molecule has 8 nitrogen and oxygen atoms in total. The Morgan fingerprint density at radius 1 is 0.833 bits per heavy atom. The Morgan fingerprint density at radius 2 is 1.33 bits per heavy atom. The van der Waals surface area contributed by atoms with E-state index in [1.54, 1.807) is 18.5 Å². The smallest absolute Gasteiger partial charge is 0.269 e. The summed E-state index contributed by atoms with van der Waals surface area (Å²) in [6, 6.07) is 10.7. The fourth-order valence-electron chi connectivity index (χ4n) is 3.12. The van der Waals surface area contributed by atoms with Gasteiger partial charge in [0.1, 0.15) is 0 Å². The summed E-state index contributed by atoms with van der Waals surface area (Å²) in [6.45, 7) is 7.76. The number of nitrogens with zero attached hydrogens (tertiary/aromatic N) is 5. The van der Waals surface area contributed by atoms with Gasteiger partial charge < -0.3 is 14.9 Å². The van der Waals surface area contributed by atoms with Gasteiger partial charge in [0.05, 0.1) is 29.0 Å². The van der Waals surface area contributed by atoms with Crippen molar-refractivity contribution in [2.24, 2.45) is 0 Å². The molecule has 0 saturated heterocycles. The number of non-ortho nitro benzene ring substituents is 1. The molecular formula is C22H24N6O2. The minimum atomic E-state index is -0.393. The van der Waals surface area contributed by atoms with E-state index in [2.05, 4.69) is 9.97 Å². The molecule has 0 atom stereocenters. The predicted molar refractivity (Wildman–Crippen MR) is 117 cm³/mol. The Bertz CT molecular complexity index is 1190. The van der Waals surface area contributed by atoms with Crippen molar-refractivity contribution in [1.82, 2.24) is 19.1 Å². The second-order valence-electron chi connectivity index (χ2n) is 7.12. The number of imidazole rings is 2. The van der Waals surface area contributed by atoms with E-state index in [-0.39, 0.29) is 5.69 Å². The van der Waals surface area contributed by atoms with Crippen LogP contribution < -0.4 is 5.73 Å². The highest BCUT2D eigenvalue weighted by molar-refractivity contribution is 5.51. The number of hydrogen-bond acceptors (Lipinski definition) is 5. The molecule has 0 aliphatic heterocycles. The quantitative estimate of drug-likeness (QED) is 0.308. The maximum absolute atomic E-state index is 10.6. The largest absolute Gasteiger partial charge is 0.399 e. The predicted octanol–water partition coefficient (Wildman–Crippen LogP) is 4.47. The average molecular weight is 404 g/mol. The molecule has 0 aliphatic rings. The van der Waals surface area contributed by atoms with E-state index in [4.69, 9.17) is 5.73 Å². The molecule has 2 heterocycles. The Hall–Kier alpha value is -3.94. The van der Waals surface area contributed by atoms with Crippen LogP contribution in [0.1, 0.15) is 22.5 Å². The molecule has 0 unspecified atom stereocenters. The van der Waals surface area contributed by atoms with Crippen LogP contribution in [0.4, 0.5) is 11.4 Å². The molecule has 4 aromatic rings.